The average molecular weight is 335 g/mol. The van der Waals surface area contributed by atoms with E-state index >= 15 is 0 Å². The number of nitrogens with zero attached hydrogens (tertiary/aromatic N) is 4. The van der Waals surface area contributed by atoms with Crippen molar-refractivity contribution in [3.63, 3.8) is 0 Å². The number of carbonyl (C=O) groups is 2. The highest BCUT2D eigenvalue weighted by molar-refractivity contribution is 6.13. The van der Waals surface area contributed by atoms with Crippen LogP contribution in [0.15, 0.2) is 42.5 Å². The first-order valence-electron chi connectivity index (χ1n) is 7.55. The summed E-state index contributed by atoms with van der Waals surface area (Å²) in [4.78, 5) is 26.5. The second-order valence-corrected chi connectivity index (χ2v) is 5.52. The predicted molar refractivity (Wildman–Crippen MR) is 87.9 cm³/mol. The molecule has 0 atom stereocenters. The molecule has 0 fully saturated rings. The molecule has 0 spiro atoms. The molecule has 2 heterocycles. The first kappa shape index (κ1) is 15.0. The first-order chi connectivity index (χ1) is 12.2. The van der Waals surface area contributed by atoms with Gasteiger partial charge in [0.25, 0.3) is 5.91 Å². The Morgan fingerprint density at radius 3 is 2.84 bits per heavy atom. The maximum Gasteiger partial charge on any atom is 0.339 e. The van der Waals surface area contributed by atoms with E-state index < -0.39 is 5.97 Å². The number of esters is 1. The normalized spacial score (nSPS) is 13.0. The number of amides is 1. The average Bonchev–Trinajstić information content (AvgIpc) is 3.29. The number of anilines is 1. The van der Waals surface area contributed by atoms with Gasteiger partial charge in [-0.2, -0.15) is 0 Å². The van der Waals surface area contributed by atoms with Gasteiger partial charge in [-0.3, -0.25) is 4.79 Å². The number of carbonyl (C=O) groups excluding carboxylic acids is 2. The zero-order valence-corrected chi connectivity index (χ0v) is 13.3. The molecule has 8 nitrogen and oxygen atoms in total. The second-order valence-electron chi connectivity index (χ2n) is 5.52. The van der Waals surface area contributed by atoms with Crippen LogP contribution in [0.3, 0.4) is 0 Å². The minimum Gasteiger partial charge on any atom is -0.465 e. The van der Waals surface area contributed by atoms with Gasteiger partial charge in [0.2, 0.25) is 0 Å². The van der Waals surface area contributed by atoms with Crippen molar-refractivity contribution < 1.29 is 14.3 Å². The molecule has 0 aliphatic carbocycles. The maximum atomic E-state index is 12.9. The smallest absolute Gasteiger partial charge is 0.339 e. The molecule has 124 valence electrons. The van der Waals surface area contributed by atoms with E-state index in [1.54, 1.807) is 35.2 Å². The van der Waals surface area contributed by atoms with E-state index in [1.807, 2.05) is 12.1 Å². The van der Waals surface area contributed by atoms with Crippen LogP contribution in [0.5, 0.6) is 0 Å². The van der Waals surface area contributed by atoms with Crippen molar-refractivity contribution in [2.75, 3.05) is 12.0 Å². The van der Waals surface area contributed by atoms with Crippen LogP contribution in [0.2, 0.25) is 0 Å². The molecule has 2 aromatic carbocycles. The molecule has 1 aromatic heterocycles. The molecular formula is C17H13N5O3. The summed E-state index contributed by atoms with van der Waals surface area (Å²) in [7, 11) is 1.32. The summed E-state index contributed by atoms with van der Waals surface area (Å²) >= 11 is 0. The Morgan fingerprint density at radius 2 is 2.08 bits per heavy atom. The van der Waals surface area contributed by atoms with E-state index in [9.17, 15) is 9.59 Å². The van der Waals surface area contributed by atoms with Crippen LogP contribution >= 0.6 is 0 Å². The summed E-state index contributed by atoms with van der Waals surface area (Å²) < 4.78 is 4.81. The van der Waals surface area contributed by atoms with Gasteiger partial charge >= 0.3 is 5.97 Å². The number of methoxy groups -OCH3 is 1. The van der Waals surface area contributed by atoms with E-state index in [0.29, 0.717) is 29.2 Å². The molecule has 0 bridgehead atoms. The van der Waals surface area contributed by atoms with Crippen molar-refractivity contribution in [2.45, 2.75) is 6.54 Å². The zero-order valence-electron chi connectivity index (χ0n) is 13.3. The number of tetrazole rings is 1. The van der Waals surface area contributed by atoms with Gasteiger partial charge in [-0.05, 0) is 34.2 Å². The van der Waals surface area contributed by atoms with Gasteiger partial charge in [-0.15, -0.1) is 5.10 Å². The molecule has 4 rings (SSSR count). The molecule has 1 aliphatic heterocycles. The van der Waals surface area contributed by atoms with Crippen molar-refractivity contribution in [2.24, 2.45) is 0 Å². The standard InChI is InChI=1S/C17H13N5O3/c1-25-17(24)12-4-2-3-5-14(12)22-9-11-7-6-10(8-13(11)16(22)23)15-18-20-21-19-15/h2-8H,9H2,1H3,(H,18,19,20,21). The number of ether oxygens (including phenoxy) is 1. The van der Waals surface area contributed by atoms with E-state index in [1.165, 1.54) is 7.11 Å². The lowest BCUT2D eigenvalue weighted by Gasteiger charge is -2.18. The molecular weight excluding hydrogens is 322 g/mol. The maximum absolute atomic E-state index is 12.9. The number of hydrogen-bond acceptors (Lipinski definition) is 6. The monoisotopic (exact) mass is 335 g/mol. The number of fused-ring (bicyclic) bond motifs is 1. The summed E-state index contributed by atoms with van der Waals surface area (Å²) in [5.41, 5.74) is 3.04. The SMILES string of the molecule is COC(=O)c1ccccc1N1Cc2ccc(-c3nnn[nH]3)cc2C1=O. The summed E-state index contributed by atoms with van der Waals surface area (Å²) in [5, 5.41) is 13.6. The first-order valence-corrected chi connectivity index (χ1v) is 7.55. The van der Waals surface area contributed by atoms with Gasteiger partial charge in [-0.25, -0.2) is 9.89 Å². The largest absolute Gasteiger partial charge is 0.465 e. The highest BCUT2D eigenvalue weighted by Gasteiger charge is 2.31. The Morgan fingerprint density at radius 1 is 1.24 bits per heavy atom. The number of para-hydroxylation sites is 1. The minimum absolute atomic E-state index is 0.180. The predicted octanol–water partition coefficient (Wildman–Crippen LogP) is 1.81. The number of benzene rings is 2. The van der Waals surface area contributed by atoms with Crippen molar-refractivity contribution in [1.82, 2.24) is 20.6 Å². The van der Waals surface area contributed by atoms with Crippen molar-refractivity contribution in [1.29, 1.82) is 0 Å². The Kier molecular flexibility index (Phi) is 3.50. The van der Waals surface area contributed by atoms with Crippen LogP contribution in [-0.4, -0.2) is 39.6 Å². The summed E-state index contributed by atoms with van der Waals surface area (Å²) in [6.07, 6.45) is 0. The van der Waals surface area contributed by atoms with Crippen molar-refractivity contribution in [3.8, 4) is 11.4 Å². The summed E-state index contributed by atoms with van der Waals surface area (Å²) in [6.45, 7) is 0.386. The fourth-order valence-electron chi connectivity index (χ4n) is 2.92. The fraction of sp³-hybridized carbons (Fsp3) is 0.118. The second kappa shape index (κ2) is 5.82. The number of nitrogens with one attached hydrogen (secondary N) is 1. The number of rotatable bonds is 3. The molecule has 3 aromatic rings. The highest BCUT2D eigenvalue weighted by atomic mass is 16.5. The zero-order chi connectivity index (χ0) is 17.4. The molecule has 8 heteroatoms. The topological polar surface area (TPSA) is 101 Å². The van der Waals surface area contributed by atoms with Crippen molar-refractivity contribution in [3.05, 3.63) is 59.2 Å². The summed E-state index contributed by atoms with van der Waals surface area (Å²) in [5.74, 6) is -0.169. The third kappa shape index (κ3) is 2.44. The Balaban J connectivity index is 1.74. The van der Waals surface area contributed by atoms with E-state index in [0.717, 1.165) is 11.1 Å². The van der Waals surface area contributed by atoms with Gasteiger partial charge in [0.05, 0.1) is 24.9 Å². The quantitative estimate of drug-likeness (QED) is 0.733. The number of H-pyrrole nitrogens is 1. The van der Waals surface area contributed by atoms with Gasteiger partial charge in [-0.1, -0.05) is 24.3 Å². The molecule has 0 saturated carbocycles. The van der Waals surface area contributed by atoms with Crippen LogP contribution in [0.1, 0.15) is 26.3 Å². The van der Waals surface area contributed by atoms with Gasteiger partial charge in [0.15, 0.2) is 5.82 Å². The Labute approximate surface area is 142 Å². The Bertz CT molecular complexity index is 968. The Hall–Kier alpha value is -3.55. The molecule has 0 saturated heterocycles. The van der Waals surface area contributed by atoms with Crippen LogP contribution in [0, 0.1) is 0 Å². The van der Waals surface area contributed by atoms with Crippen LogP contribution < -0.4 is 4.90 Å². The number of aromatic amines is 1. The molecule has 25 heavy (non-hydrogen) atoms. The number of aromatic nitrogens is 4. The van der Waals surface area contributed by atoms with Gasteiger partial charge in [0.1, 0.15) is 0 Å². The molecule has 1 aliphatic rings. The highest BCUT2D eigenvalue weighted by Crippen LogP contribution is 2.32. The molecule has 1 N–H and O–H groups in total. The van der Waals surface area contributed by atoms with E-state index in [2.05, 4.69) is 20.6 Å². The summed E-state index contributed by atoms with van der Waals surface area (Å²) in [6, 6.07) is 12.4. The molecule has 0 unspecified atom stereocenters. The van der Waals surface area contributed by atoms with E-state index in [-0.39, 0.29) is 5.91 Å². The lowest BCUT2D eigenvalue weighted by Crippen LogP contribution is -2.25. The van der Waals surface area contributed by atoms with Crippen LogP contribution in [-0.2, 0) is 11.3 Å². The lowest BCUT2D eigenvalue weighted by atomic mass is 10.1. The molecule has 0 radical (unpaired) electrons. The van der Waals surface area contributed by atoms with Crippen LogP contribution in [0.4, 0.5) is 5.69 Å². The third-order valence-corrected chi connectivity index (χ3v) is 4.13. The van der Waals surface area contributed by atoms with Crippen LogP contribution in [0.25, 0.3) is 11.4 Å². The lowest BCUT2D eigenvalue weighted by molar-refractivity contribution is 0.0601. The van der Waals surface area contributed by atoms with Gasteiger partial charge < -0.3 is 9.64 Å². The number of hydrogen-bond donors (Lipinski definition) is 1. The van der Waals surface area contributed by atoms with Gasteiger partial charge in [0, 0.05) is 11.1 Å². The minimum atomic E-state index is -0.479. The third-order valence-electron chi connectivity index (χ3n) is 4.13. The van der Waals surface area contributed by atoms with Crippen molar-refractivity contribution >= 4 is 17.6 Å². The fourth-order valence-corrected chi connectivity index (χ4v) is 2.92. The molecule has 1 amide bonds. The van der Waals surface area contributed by atoms with E-state index in [4.69, 9.17) is 4.74 Å².